The summed E-state index contributed by atoms with van der Waals surface area (Å²) in [6.07, 6.45) is -1.23. The highest BCUT2D eigenvalue weighted by atomic mass is 19.4. The number of nitriles is 1. The number of nitrogens with one attached hydrogen (secondary N) is 2. The molecular weight excluding hydrogens is 481 g/mol. The van der Waals surface area contributed by atoms with Gasteiger partial charge in [-0.25, -0.2) is 9.97 Å². The lowest BCUT2D eigenvalue weighted by Crippen LogP contribution is -2.44. The maximum absolute atomic E-state index is 13.7. The van der Waals surface area contributed by atoms with E-state index in [0.717, 1.165) is 16.5 Å². The van der Waals surface area contributed by atoms with Gasteiger partial charge in [0, 0.05) is 41.8 Å². The third-order valence-corrected chi connectivity index (χ3v) is 6.46. The predicted molar refractivity (Wildman–Crippen MR) is 133 cm³/mol. The second-order valence-corrected chi connectivity index (χ2v) is 8.91. The number of amides is 1. The molecular formula is C27H23F3N6O. The van der Waals surface area contributed by atoms with Crippen LogP contribution in [0.2, 0.25) is 0 Å². The smallest absolute Gasteiger partial charge is 0.361 e. The van der Waals surface area contributed by atoms with E-state index < -0.39 is 18.0 Å². The van der Waals surface area contributed by atoms with E-state index >= 15 is 0 Å². The van der Waals surface area contributed by atoms with Gasteiger partial charge in [-0.1, -0.05) is 18.2 Å². The van der Waals surface area contributed by atoms with Crippen LogP contribution in [0.3, 0.4) is 0 Å². The van der Waals surface area contributed by atoms with E-state index in [9.17, 15) is 18.0 Å². The Morgan fingerprint density at radius 3 is 2.70 bits per heavy atom. The van der Waals surface area contributed by atoms with Crippen molar-refractivity contribution < 1.29 is 18.0 Å². The molecule has 2 aromatic carbocycles. The number of fused-ring (bicyclic) bond motifs is 1. The minimum atomic E-state index is -4.73. The molecule has 0 saturated carbocycles. The molecule has 0 radical (unpaired) electrons. The number of carbonyl (C=O) groups is 1. The molecule has 1 atom stereocenters. The number of aromatic amines is 1. The average Bonchev–Trinajstić information content (AvgIpc) is 3.58. The van der Waals surface area contributed by atoms with Gasteiger partial charge < -0.3 is 15.2 Å². The number of rotatable bonds is 6. The van der Waals surface area contributed by atoms with E-state index in [0.29, 0.717) is 43.5 Å². The molecule has 0 spiro atoms. The van der Waals surface area contributed by atoms with Crippen LogP contribution >= 0.6 is 0 Å². The van der Waals surface area contributed by atoms with E-state index in [1.165, 1.54) is 6.07 Å². The van der Waals surface area contributed by atoms with E-state index in [1.807, 2.05) is 18.2 Å². The van der Waals surface area contributed by atoms with Crippen molar-refractivity contribution in [3.63, 3.8) is 0 Å². The summed E-state index contributed by atoms with van der Waals surface area (Å²) in [6.45, 7) is 0.785. The summed E-state index contributed by atoms with van der Waals surface area (Å²) in [5.74, 6) is -1.41. The monoisotopic (exact) mass is 504 g/mol. The summed E-state index contributed by atoms with van der Waals surface area (Å²) >= 11 is 0. The zero-order valence-electron chi connectivity index (χ0n) is 19.7. The van der Waals surface area contributed by atoms with Crippen LogP contribution in [-0.4, -0.2) is 40.0 Å². The fourth-order valence-corrected chi connectivity index (χ4v) is 4.58. The first-order valence-corrected chi connectivity index (χ1v) is 11.9. The molecule has 3 heterocycles. The van der Waals surface area contributed by atoms with Crippen molar-refractivity contribution in [2.24, 2.45) is 0 Å². The summed E-state index contributed by atoms with van der Waals surface area (Å²) in [4.78, 5) is 25.3. The first-order chi connectivity index (χ1) is 17.8. The fraction of sp³-hybridized carbons (Fsp3) is 0.259. The number of anilines is 1. The summed E-state index contributed by atoms with van der Waals surface area (Å²) in [5, 5.41) is 12.7. The first kappa shape index (κ1) is 24.3. The van der Waals surface area contributed by atoms with Gasteiger partial charge in [0.05, 0.1) is 17.3 Å². The molecule has 1 aliphatic rings. The quantitative estimate of drug-likeness (QED) is 0.392. The number of aromatic nitrogens is 3. The molecule has 1 fully saturated rings. The Labute approximate surface area is 211 Å². The normalized spacial score (nSPS) is 15.6. The molecule has 188 valence electrons. The summed E-state index contributed by atoms with van der Waals surface area (Å²) in [7, 11) is 0. The molecule has 1 aliphatic heterocycles. The van der Waals surface area contributed by atoms with Crippen molar-refractivity contribution in [3.8, 4) is 17.3 Å². The van der Waals surface area contributed by atoms with E-state index in [2.05, 4.69) is 26.3 Å². The Hall–Kier alpha value is -4.39. The number of nitrogens with zero attached hydrogens (tertiary/aromatic N) is 4. The Morgan fingerprint density at radius 1 is 1.14 bits per heavy atom. The lowest BCUT2D eigenvalue weighted by atomic mass is 10.1. The van der Waals surface area contributed by atoms with Crippen LogP contribution in [0.5, 0.6) is 0 Å². The third kappa shape index (κ3) is 5.26. The zero-order valence-corrected chi connectivity index (χ0v) is 19.7. The molecule has 1 amide bonds. The lowest BCUT2D eigenvalue weighted by Gasteiger charge is -2.26. The molecule has 0 bridgehead atoms. The number of alkyl halides is 3. The number of hydrogen-bond donors (Lipinski definition) is 2. The van der Waals surface area contributed by atoms with Crippen LogP contribution in [0.4, 0.5) is 19.0 Å². The average molecular weight is 505 g/mol. The fourth-order valence-electron chi connectivity index (χ4n) is 4.58. The highest BCUT2D eigenvalue weighted by Gasteiger charge is 2.38. The van der Waals surface area contributed by atoms with Crippen LogP contribution in [0.15, 0.2) is 60.8 Å². The van der Waals surface area contributed by atoms with Crippen LogP contribution in [0, 0.1) is 11.3 Å². The van der Waals surface area contributed by atoms with Crippen LogP contribution in [0.25, 0.3) is 22.2 Å². The van der Waals surface area contributed by atoms with E-state index in [-0.39, 0.29) is 17.4 Å². The zero-order chi connectivity index (χ0) is 26.0. The summed E-state index contributed by atoms with van der Waals surface area (Å²) in [5.41, 5.74) is 3.07. The number of halogens is 3. The van der Waals surface area contributed by atoms with Gasteiger partial charge in [-0.3, -0.25) is 4.79 Å². The highest BCUT2D eigenvalue weighted by Crippen LogP contribution is 2.34. The molecule has 1 saturated heterocycles. The predicted octanol–water partition coefficient (Wildman–Crippen LogP) is 4.84. The molecule has 10 heteroatoms. The third-order valence-electron chi connectivity index (χ3n) is 6.46. The molecule has 4 aromatic rings. The van der Waals surface area contributed by atoms with Crippen molar-refractivity contribution in [2.75, 3.05) is 18.0 Å². The van der Waals surface area contributed by atoms with Gasteiger partial charge in [0.2, 0.25) is 11.7 Å². The van der Waals surface area contributed by atoms with Crippen molar-refractivity contribution in [3.05, 3.63) is 77.7 Å². The minimum Gasteiger partial charge on any atom is -0.361 e. The first-order valence-electron chi connectivity index (χ1n) is 11.9. The molecule has 5 rings (SSSR count). The maximum Gasteiger partial charge on any atom is 0.451 e. The standard InChI is InChI=1S/C27H23F3N6O/c28-27(29,30)26-34-22(19-7-8-21-20(14-19)10-12-32-21)15-24(35-26)36-13-1-2-23(36)25(37)33-11-9-17-3-5-18(16-31)6-4-17/h3-8,10,12,14-15,23,32H,1-2,9,11,13H2,(H,33,37). The van der Waals surface area contributed by atoms with Crippen molar-refractivity contribution >= 4 is 22.6 Å². The Balaban J connectivity index is 1.37. The minimum absolute atomic E-state index is 0.0798. The summed E-state index contributed by atoms with van der Waals surface area (Å²) < 4.78 is 41.2. The number of hydrogen-bond acceptors (Lipinski definition) is 5. The van der Waals surface area contributed by atoms with Gasteiger partial charge in [-0.05, 0) is 55.2 Å². The largest absolute Gasteiger partial charge is 0.451 e. The Morgan fingerprint density at radius 2 is 1.95 bits per heavy atom. The molecule has 0 aliphatic carbocycles. The van der Waals surface area contributed by atoms with Crippen LogP contribution in [-0.2, 0) is 17.4 Å². The molecule has 1 unspecified atom stereocenters. The van der Waals surface area contributed by atoms with Gasteiger partial charge >= 0.3 is 6.18 Å². The van der Waals surface area contributed by atoms with Gasteiger partial charge in [-0.2, -0.15) is 18.4 Å². The van der Waals surface area contributed by atoms with Crippen LogP contribution in [0.1, 0.15) is 29.8 Å². The van der Waals surface area contributed by atoms with Gasteiger partial charge in [0.1, 0.15) is 11.9 Å². The molecule has 2 N–H and O–H groups in total. The Bertz CT molecular complexity index is 1470. The van der Waals surface area contributed by atoms with Crippen molar-refractivity contribution in [1.29, 1.82) is 5.26 Å². The second-order valence-electron chi connectivity index (χ2n) is 8.91. The van der Waals surface area contributed by atoms with Gasteiger partial charge in [0.15, 0.2) is 0 Å². The topological polar surface area (TPSA) is 97.7 Å². The van der Waals surface area contributed by atoms with Gasteiger partial charge in [0.25, 0.3) is 0 Å². The molecule has 37 heavy (non-hydrogen) atoms. The number of H-pyrrole nitrogens is 1. The summed E-state index contributed by atoms with van der Waals surface area (Å²) in [6, 6.07) is 17.2. The maximum atomic E-state index is 13.7. The van der Waals surface area contributed by atoms with Crippen molar-refractivity contribution in [1.82, 2.24) is 20.3 Å². The highest BCUT2D eigenvalue weighted by molar-refractivity contribution is 5.87. The van der Waals surface area contributed by atoms with Gasteiger partial charge in [-0.15, -0.1) is 0 Å². The molecule has 2 aromatic heterocycles. The molecule has 7 nitrogen and oxygen atoms in total. The van der Waals surface area contributed by atoms with E-state index in [4.69, 9.17) is 5.26 Å². The number of carbonyl (C=O) groups excluding carboxylic acids is 1. The van der Waals surface area contributed by atoms with Crippen molar-refractivity contribution in [2.45, 2.75) is 31.5 Å². The number of benzene rings is 2. The van der Waals surface area contributed by atoms with E-state index in [1.54, 1.807) is 41.4 Å². The van der Waals surface area contributed by atoms with Crippen LogP contribution < -0.4 is 10.2 Å². The second kappa shape index (κ2) is 9.93. The SMILES string of the molecule is N#Cc1ccc(CCNC(=O)C2CCCN2c2cc(-c3ccc4[nH]ccc4c3)nc(C(F)(F)F)n2)cc1. The Kier molecular flexibility index (Phi) is 6.53. The lowest BCUT2D eigenvalue weighted by molar-refractivity contribution is -0.144.